The number of nitrogens with one attached hydrogen (secondary N) is 2. The quantitative estimate of drug-likeness (QED) is 0.393. The molecule has 4 amide bonds. The first-order chi connectivity index (χ1) is 18.4. The number of methoxy groups -OCH3 is 1. The highest BCUT2D eigenvalue weighted by molar-refractivity contribution is 6.08. The van der Waals surface area contributed by atoms with Gasteiger partial charge in [-0.2, -0.15) is 0 Å². The Hall–Kier alpha value is -4.93. The number of fused-ring (bicyclic) bond motifs is 3. The number of pyridine rings is 2. The summed E-state index contributed by atoms with van der Waals surface area (Å²) in [6, 6.07) is 12.2. The number of benzene rings is 1. The highest BCUT2D eigenvalue weighted by atomic mass is 16.5. The third-order valence-electron chi connectivity index (χ3n) is 7.42. The van der Waals surface area contributed by atoms with Crippen molar-refractivity contribution in [2.75, 3.05) is 13.7 Å². The van der Waals surface area contributed by atoms with E-state index < -0.39 is 23.6 Å². The van der Waals surface area contributed by atoms with Crippen LogP contribution in [0.2, 0.25) is 0 Å². The lowest BCUT2D eigenvalue weighted by atomic mass is 9.89. The van der Waals surface area contributed by atoms with E-state index in [1.54, 1.807) is 23.2 Å². The molecule has 4 aromatic rings. The molecule has 0 bridgehead atoms. The van der Waals surface area contributed by atoms with Gasteiger partial charge >= 0.3 is 6.03 Å². The second kappa shape index (κ2) is 8.04. The first-order valence-corrected chi connectivity index (χ1v) is 12.1. The first-order valence-electron chi connectivity index (χ1n) is 12.1. The van der Waals surface area contributed by atoms with Gasteiger partial charge in [-0.05, 0) is 42.0 Å². The van der Waals surface area contributed by atoms with Crippen molar-refractivity contribution in [3.8, 4) is 22.8 Å². The van der Waals surface area contributed by atoms with E-state index in [0.29, 0.717) is 29.3 Å². The number of imide groups is 1. The van der Waals surface area contributed by atoms with Crippen LogP contribution < -0.4 is 20.1 Å². The molecule has 3 aliphatic rings. The molecule has 1 saturated heterocycles. The first kappa shape index (κ1) is 22.3. The average molecular weight is 511 g/mol. The van der Waals surface area contributed by atoms with Crippen LogP contribution >= 0.6 is 0 Å². The number of aromatic nitrogens is 3. The molecule has 3 aliphatic heterocycles. The molecule has 0 radical (unpaired) electrons. The van der Waals surface area contributed by atoms with Crippen LogP contribution in [0.15, 0.2) is 61.1 Å². The molecular formula is C27H22N6O5. The van der Waals surface area contributed by atoms with E-state index in [1.807, 2.05) is 47.1 Å². The zero-order chi connectivity index (χ0) is 26.0. The number of rotatable bonds is 5. The summed E-state index contributed by atoms with van der Waals surface area (Å²) >= 11 is 0. The summed E-state index contributed by atoms with van der Waals surface area (Å²) in [5, 5.41) is 5.11. The van der Waals surface area contributed by atoms with Crippen molar-refractivity contribution in [1.29, 1.82) is 0 Å². The molecule has 7 rings (SSSR count). The van der Waals surface area contributed by atoms with Crippen LogP contribution in [0.4, 0.5) is 4.79 Å². The Morgan fingerprint density at radius 2 is 2.05 bits per heavy atom. The van der Waals surface area contributed by atoms with Gasteiger partial charge in [0.15, 0.2) is 5.54 Å². The molecule has 38 heavy (non-hydrogen) atoms. The van der Waals surface area contributed by atoms with Gasteiger partial charge in [-0.1, -0.05) is 6.07 Å². The third-order valence-corrected chi connectivity index (χ3v) is 7.42. The monoisotopic (exact) mass is 510 g/mol. The molecule has 2 unspecified atom stereocenters. The van der Waals surface area contributed by atoms with Crippen molar-refractivity contribution >= 4 is 23.5 Å². The van der Waals surface area contributed by atoms with Crippen molar-refractivity contribution in [3.63, 3.8) is 0 Å². The lowest BCUT2D eigenvalue weighted by Gasteiger charge is -2.34. The highest BCUT2D eigenvalue weighted by Crippen LogP contribution is 2.37. The highest BCUT2D eigenvalue weighted by Gasteiger charge is 2.57. The Morgan fingerprint density at radius 1 is 1.16 bits per heavy atom. The van der Waals surface area contributed by atoms with E-state index in [4.69, 9.17) is 14.5 Å². The Labute approximate surface area is 216 Å². The molecule has 0 aliphatic carbocycles. The van der Waals surface area contributed by atoms with Crippen LogP contribution in [0.3, 0.4) is 0 Å². The van der Waals surface area contributed by atoms with Crippen molar-refractivity contribution < 1.29 is 23.9 Å². The maximum Gasteiger partial charge on any atom is 0.322 e. The molecule has 0 spiro atoms. The zero-order valence-electron chi connectivity index (χ0n) is 20.3. The lowest BCUT2D eigenvalue weighted by Crippen LogP contribution is -2.64. The molecule has 2 N–H and O–H groups in total. The van der Waals surface area contributed by atoms with Crippen molar-refractivity contribution in [2.24, 2.45) is 0 Å². The van der Waals surface area contributed by atoms with E-state index in [0.717, 1.165) is 22.5 Å². The second-order valence-electron chi connectivity index (χ2n) is 9.63. The minimum atomic E-state index is -1.48. The van der Waals surface area contributed by atoms with Crippen LogP contribution in [0, 0.1) is 0 Å². The zero-order valence-corrected chi connectivity index (χ0v) is 20.3. The standard InChI is InChI=1S/C27H22N6O5/c1-37-17-4-2-15-12-33(24(34)18(15)10-17)14-27(25(35)30-26(36)31-27)22-11-20-21(38-22)6-5-19(29-20)16-3-7-23-28-8-9-32(23)13-16/h2-10,13,22H,11-12,14H2,1H3,(H2,30,31,35,36). The van der Waals surface area contributed by atoms with Gasteiger partial charge in [0.25, 0.3) is 11.8 Å². The molecule has 1 aromatic carbocycles. The fourth-order valence-electron chi connectivity index (χ4n) is 5.46. The molecule has 11 heteroatoms. The molecular weight excluding hydrogens is 488 g/mol. The van der Waals surface area contributed by atoms with Gasteiger partial charge in [-0.15, -0.1) is 0 Å². The van der Waals surface area contributed by atoms with Gasteiger partial charge in [0, 0.05) is 42.7 Å². The van der Waals surface area contributed by atoms with Crippen LogP contribution in [-0.4, -0.2) is 62.4 Å². The van der Waals surface area contributed by atoms with E-state index in [-0.39, 0.29) is 18.9 Å². The van der Waals surface area contributed by atoms with E-state index in [9.17, 15) is 14.4 Å². The molecule has 190 valence electrons. The predicted octanol–water partition coefficient (Wildman–Crippen LogP) is 1.94. The summed E-state index contributed by atoms with van der Waals surface area (Å²) < 4.78 is 13.4. The van der Waals surface area contributed by atoms with Gasteiger partial charge in [0.2, 0.25) is 0 Å². The van der Waals surface area contributed by atoms with Gasteiger partial charge < -0.3 is 24.1 Å². The topological polar surface area (TPSA) is 127 Å². The largest absolute Gasteiger partial charge is 0.497 e. The molecule has 2 atom stereocenters. The normalized spacial score (nSPS) is 21.8. The maximum atomic E-state index is 13.3. The van der Waals surface area contributed by atoms with Gasteiger partial charge in [-0.25, -0.2) is 14.8 Å². The number of urea groups is 1. The minimum absolute atomic E-state index is 0.0524. The fraction of sp³-hybridized carbons (Fsp3) is 0.222. The van der Waals surface area contributed by atoms with Crippen LogP contribution in [-0.2, 0) is 17.8 Å². The number of nitrogens with zero attached hydrogens (tertiary/aromatic N) is 4. The summed E-state index contributed by atoms with van der Waals surface area (Å²) in [6.07, 6.45) is 5.07. The fourth-order valence-corrected chi connectivity index (χ4v) is 5.46. The van der Waals surface area contributed by atoms with E-state index in [1.165, 1.54) is 7.11 Å². The number of imidazole rings is 1. The third kappa shape index (κ3) is 3.31. The maximum absolute atomic E-state index is 13.3. The Balaban J connectivity index is 1.18. The van der Waals surface area contributed by atoms with Crippen molar-refractivity contribution in [3.05, 3.63) is 77.9 Å². The predicted molar refractivity (Wildman–Crippen MR) is 134 cm³/mol. The lowest BCUT2D eigenvalue weighted by molar-refractivity contribution is -0.127. The van der Waals surface area contributed by atoms with E-state index in [2.05, 4.69) is 15.6 Å². The van der Waals surface area contributed by atoms with Crippen LogP contribution in [0.25, 0.3) is 16.9 Å². The number of carbonyl (C=O) groups is 3. The van der Waals surface area contributed by atoms with E-state index >= 15 is 0 Å². The van der Waals surface area contributed by atoms with Gasteiger partial charge in [-0.3, -0.25) is 14.9 Å². The molecule has 0 saturated carbocycles. The van der Waals surface area contributed by atoms with Crippen LogP contribution in [0.5, 0.6) is 11.5 Å². The Kier molecular flexibility index (Phi) is 4.71. The molecule has 6 heterocycles. The Bertz CT molecular complexity index is 1660. The summed E-state index contributed by atoms with van der Waals surface area (Å²) in [5.74, 6) is 0.339. The minimum Gasteiger partial charge on any atom is -0.497 e. The summed E-state index contributed by atoms with van der Waals surface area (Å²) in [7, 11) is 1.54. The number of carbonyl (C=O) groups excluding carboxylic acids is 3. The average Bonchev–Trinajstić information content (AvgIpc) is 3.69. The summed E-state index contributed by atoms with van der Waals surface area (Å²) in [6.45, 7) is 0.255. The van der Waals surface area contributed by atoms with Crippen molar-refractivity contribution in [2.45, 2.75) is 24.6 Å². The molecule has 11 nitrogen and oxygen atoms in total. The second-order valence-corrected chi connectivity index (χ2v) is 9.63. The number of hydrogen-bond donors (Lipinski definition) is 2. The Morgan fingerprint density at radius 3 is 2.87 bits per heavy atom. The molecule has 1 fully saturated rings. The molecule has 3 aromatic heterocycles. The van der Waals surface area contributed by atoms with Crippen LogP contribution in [0.1, 0.15) is 21.6 Å². The van der Waals surface area contributed by atoms with Crippen molar-refractivity contribution in [1.82, 2.24) is 29.9 Å². The number of ether oxygens (including phenoxy) is 2. The SMILES string of the molecule is COc1ccc2c(c1)C(=O)N(CC1(C3Cc4nc(-c5ccc6nccn6c5)ccc4O3)NC(=O)NC1=O)C2. The number of hydrogen-bond acceptors (Lipinski definition) is 7. The number of amides is 4. The summed E-state index contributed by atoms with van der Waals surface area (Å²) in [4.78, 5) is 49.5. The smallest absolute Gasteiger partial charge is 0.322 e. The van der Waals surface area contributed by atoms with Gasteiger partial charge in [0.05, 0.1) is 25.0 Å². The summed E-state index contributed by atoms with van der Waals surface area (Å²) in [5.41, 5.74) is 3.02. The van der Waals surface area contributed by atoms with Gasteiger partial charge in [0.1, 0.15) is 23.3 Å².